The van der Waals surface area contributed by atoms with Crippen molar-refractivity contribution in [3.8, 4) is 0 Å². The zero-order valence-electron chi connectivity index (χ0n) is 11.4. The van der Waals surface area contributed by atoms with Crippen molar-refractivity contribution in [3.05, 3.63) is 0 Å². The van der Waals surface area contributed by atoms with Gasteiger partial charge in [0, 0.05) is 6.61 Å². The lowest BCUT2D eigenvalue weighted by Gasteiger charge is -2.21. The van der Waals surface area contributed by atoms with E-state index in [2.05, 4.69) is 5.32 Å². The van der Waals surface area contributed by atoms with Gasteiger partial charge in [-0.2, -0.15) is 0 Å². The molecule has 10 nitrogen and oxygen atoms in total. The van der Waals surface area contributed by atoms with Gasteiger partial charge in [0.05, 0.1) is 12.5 Å². The summed E-state index contributed by atoms with van der Waals surface area (Å²) >= 11 is 0. The normalized spacial score (nSPS) is 14.6. The summed E-state index contributed by atoms with van der Waals surface area (Å²) in [4.78, 5) is 44.6. The number of carboxylic acid groups (broad SMARTS) is 2. The summed E-state index contributed by atoms with van der Waals surface area (Å²) in [7, 11) is 0. The Bertz CT molecular complexity index is 411. The van der Waals surface area contributed by atoms with E-state index in [0.717, 1.165) is 0 Å². The van der Waals surface area contributed by atoms with Crippen molar-refractivity contribution in [2.75, 3.05) is 6.61 Å². The monoisotopic (exact) mass is 305 g/mol. The van der Waals surface area contributed by atoms with Crippen LogP contribution in [0.15, 0.2) is 0 Å². The van der Waals surface area contributed by atoms with E-state index in [1.807, 2.05) is 5.32 Å². The Balaban J connectivity index is 4.82. The predicted octanol–water partition coefficient (Wildman–Crippen LogP) is -2.76. The molecule has 0 spiro atoms. The minimum absolute atomic E-state index is 0.163. The van der Waals surface area contributed by atoms with E-state index in [1.54, 1.807) is 0 Å². The third-order valence-electron chi connectivity index (χ3n) is 2.46. The first-order valence-electron chi connectivity index (χ1n) is 6.10. The molecule has 3 unspecified atom stereocenters. The first-order valence-corrected chi connectivity index (χ1v) is 6.10. The van der Waals surface area contributed by atoms with Crippen LogP contribution in [0, 0.1) is 0 Å². The number of carboxylic acids is 2. The Labute approximate surface area is 120 Å². The highest BCUT2D eigenvalue weighted by molar-refractivity contribution is 5.92. The lowest BCUT2D eigenvalue weighted by molar-refractivity contribution is -0.147. The topological polar surface area (TPSA) is 179 Å². The molecular weight excluding hydrogens is 286 g/mol. The molecule has 120 valence electrons. The highest BCUT2D eigenvalue weighted by Crippen LogP contribution is 1.98. The van der Waals surface area contributed by atoms with Crippen LogP contribution >= 0.6 is 0 Å². The number of aliphatic carboxylic acids is 2. The van der Waals surface area contributed by atoms with Crippen LogP contribution in [0.3, 0.4) is 0 Å². The van der Waals surface area contributed by atoms with Crippen molar-refractivity contribution >= 4 is 23.8 Å². The van der Waals surface area contributed by atoms with E-state index in [1.165, 1.54) is 6.92 Å². The van der Waals surface area contributed by atoms with Crippen LogP contribution in [0.2, 0.25) is 0 Å². The number of carbonyl (C=O) groups excluding carboxylic acids is 2. The fraction of sp³-hybridized carbons (Fsp3) is 0.636. The molecule has 0 aromatic carbocycles. The maximum atomic E-state index is 11.9. The molecule has 0 rings (SSSR count). The van der Waals surface area contributed by atoms with Crippen molar-refractivity contribution in [2.24, 2.45) is 5.73 Å². The molecule has 0 aromatic heterocycles. The van der Waals surface area contributed by atoms with Crippen molar-refractivity contribution < 1.29 is 34.5 Å². The van der Waals surface area contributed by atoms with Crippen molar-refractivity contribution in [2.45, 2.75) is 37.9 Å². The molecule has 0 aromatic rings. The molecule has 10 heteroatoms. The molecule has 0 bridgehead atoms. The molecule has 0 aliphatic carbocycles. The summed E-state index contributed by atoms with van der Waals surface area (Å²) in [6.07, 6.45) is -0.974. The minimum Gasteiger partial charge on any atom is -0.481 e. The van der Waals surface area contributed by atoms with Gasteiger partial charge >= 0.3 is 11.9 Å². The fourth-order valence-electron chi connectivity index (χ4n) is 1.35. The Morgan fingerprint density at radius 2 is 1.57 bits per heavy atom. The fourth-order valence-corrected chi connectivity index (χ4v) is 1.35. The van der Waals surface area contributed by atoms with Crippen LogP contribution in [0.25, 0.3) is 0 Å². The smallest absolute Gasteiger partial charge is 0.326 e. The molecule has 0 saturated carbocycles. The highest BCUT2D eigenvalue weighted by atomic mass is 16.4. The number of hydrogen-bond donors (Lipinski definition) is 6. The summed E-state index contributed by atoms with van der Waals surface area (Å²) in [5.41, 5.74) is 5.32. The van der Waals surface area contributed by atoms with Crippen molar-refractivity contribution in [1.29, 1.82) is 0 Å². The van der Waals surface area contributed by atoms with Gasteiger partial charge in [-0.3, -0.25) is 14.4 Å². The van der Waals surface area contributed by atoms with E-state index in [-0.39, 0.29) is 6.42 Å². The number of aliphatic hydroxyl groups is 1. The maximum absolute atomic E-state index is 11.9. The summed E-state index contributed by atoms with van der Waals surface area (Å²) in [6, 6.07) is -3.74. The van der Waals surface area contributed by atoms with Gasteiger partial charge in [-0.25, -0.2) is 4.79 Å². The van der Waals surface area contributed by atoms with Crippen molar-refractivity contribution in [3.63, 3.8) is 0 Å². The van der Waals surface area contributed by atoms with E-state index in [0.29, 0.717) is 0 Å². The molecule has 0 radical (unpaired) electrons. The predicted molar refractivity (Wildman–Crippen MR) is 69.1 cm³/mol. The second-order valence-electron chi connectivity index (χ2n) is 4.36. The molecule has 3 atom stereocenters. The highest BCUT2D eigenvalue weighted by Gasteiger charge is 2.28. The summed E-state index contributed by atoms with van der Waals surface area (Å²) < 4.78 is 0. The Kier molecular flexibility index (Phi) is 7.94. The third kappa shape index (κ3) is 7.22. The van der Waals surface area contributed by atoms with E-state index >= 15 is 0 Å². The van der Waals surface area contributed by atoms with Crippen molar-refractivity contribution in [1.82, 2.24) is 10.6 Å². The molecule has 7 N–H and O–H groups in total. The molecule has 0 saturated heterocycles. The summed E-state index contributed by atoms with van der Waals surface area (Å²) in [5.74, 6) is -4.49. The third-order valence-corrected chi connectivity index (χ3v) is 2.46. The van der Waals surface area contributed by atoms with Crippen LogP contribution in [0.4, 0.5) is 0 Å². The molecule has 0 aliphatic heterocycles. The number of aliphatic hydroxyl groups excluding tert-OH is 1. The average molecular weight is 305 g/mol. The van der Waals surface area contributed by atoms with E-state index < -0.39 is 54.9 Å². The average Bonchev–Trinajstić information content (AvgIpc) is 2.36. The Morgan fingerprint density at radius 1 is 1.05 bits per heavy atom. The lowest BCUT2D eigenvalue weighted by atomic mass is 10.1. The molecule has 21 heavy (non-hydrogen) atoms. The zero-order chi connectivity index (χ0) is 16.6. The lowest BCUT2D eigenvalue weighted by Crippen LogP contribution is -2.54. The van der Waals surface area contributed by atoms with Gasteiger partial charge in [-0.1, -0.05) is 0 Å². The minimum atomic E-state index is -1.64. The molecule has 0 fully saturated rings. The van der Waals surface area contributed by atoms with Crippen LogP contribution in [-0.2, 0) is 19.2 Å². The van der Waals surface area contributed by atoms with Crippen LogP contribution in [0.5, 0.6) is 0 Å². The Morgan fingerprint density at radius 3 is 1.95 bits per heavy atom. The van der Waals surface area contributed by atoms with Gasteiger partial charge in [0.2, 0.25) is 11.8 Å². The zero-order valence-corrected chi connectivity index (χ0v) is 11.4. The van der Waals surface area contributed by atoms with Crippen LogP contribution in [-0.4, -0.2) is 63.8 Å². The number of amides is 2. The van der Waals surface area contributed by atoms with E-state index in [9.17, 15) is 19.2 Å². The quantitative estimate of drug-likeness (QED) is 0.265. The number of hydrogen-bond acceptors (Lipinski definition) is 6. The second-order valence-corrected chi connectivity index (χ2v) is 4.36. The molecule has 2 amide bonds. The van der Waals surface area contributed by atoms with Gasteiger partial charge in [0.15, 0.2) is 0 Å². The summed E-state index contributed by atoms with van der Waals surface area (Å²) in [5, 5.41) is 30.5. The second kappa shape index (κ2) is 8.87. The van der Waals surface area contributed by atoms with Gasteiger partial charge in [-0.05, 0) is 13.3 Å². The first-order chi connectivity index (χ1) is 9.68. The molecule has 0 aliphatic rings. The van der Waals surface area contributed by atoms with Crippen LogP contribution in [0.1, 0.15) is 19.8 Å². The van der Waals surface area contributed by atoms with Crippen LogP contribution < -0.4 is 16.4 Å². The standard InChI is InChI=1S/C11H19N3O7/c1-5(12)9(18)13-6(2-3-15)10(19)14-7(11(20)21)4-8(16)17/h5-7,15H,2-4,12H2,1H3,(H,13,18)(H,14,19)(H,16,17)(H,20,21). The molecule has 0 heterocycles. The van der Waals surface area contributed by atoms with Gasteiger partial charge in [-0.15, -0.1) is 0 Å². The van der Waals surface area contributed by atoms with E-state index in [4.69, 9.17) is 21.1 Å². The first kappa shape index (κ1) is 18.8. The number of nitrogens with two attached hydrogens (primary N) is 1. The Hall–Kier alpha value is -2.20. The number of carbonyl (C=O) groups is 4. The molecular formula is C11H19N3O7. The largest absolute Gasteiger partial charge is 0.481 e. The maximum Gasteiger partial charge on any atom is 0.326 e. The SMILES string of the molecule is CC(N)C(=O)NC(CCO)C(=O)NC(CC(=O)O)C(=O)O. The summed E-state index contributed by atoms with van der Waals surface area (Å²) in [6.45, 7) is 0.946. The van der Waals surface area contributed by atoms with Gasteiger partial charge < -0.3 is 31.7 Å². The number of rotatable bonds is 9. The number of nitrogens with one attached hydrogen (secondary N) is 2. The van der Waals surface area contributed by atoms with Gasteiger partial charge in [0.1, 0.15) is 12.1 Å². The van der Waals surface area contributed by atoms with Gasteiger partial charge in [0.25, 0.3) is 0 Å².